The molecule has 0 aliphatic heterocycles. The highest BCUT2D eigenvalue weighted by atomic mass is 35.5. The number of halogens is 1. The Hall–Kier alpha value is -0.710. The van der Waals surface area contributed by atoms with Crippen molar-refractivity contribution in [2.24, 2.45) is 0 Å². The average Bonchev–Trinajstić information content (AvgIpc) is 2.38. The summed E-state index contributed by atoms with van der Waals surface area (Å²) >= 11 is 7.37. The quantitative estimate of drug-likeness (QED) is 0.837. The van der Waals surface area contributed by atoms with E-state index >= 15 is 0 Å². The Bertz CT molecular complexity index is 370. The van der Waals surface area contributed by atoms with Gasteiger partial charge in [0.2, 0.25) is 5.91 Å². The number of carbonyl (C=O) groups is 1. The van der Waals surface area contributed by atoms with Crippen molar-refractivity contribution in [2.45, 2.75) is 12.7 Å². The van der Waals surface area contributed by atoms with Crippen LogP contribution in [0.1, 0.15) is 12.5 Å². The van der Waals surface area contributed by atoms with Gasteiger partial charge < -0.3 is 10.0 Å². The minimum absolute atomic E-state index is 0.0153. The predicted molar refractivity (Wildman–Crippen MR) is 77.0 cm³/mol. The van der Waals surface area contributed by atoms with E-state index in [2.05, 4.69) is 0 Å². The molecule has 3 nitrogen and oxygen atoms in total. The number of amides is 1. The van der Waals surface area contributed by atoms with E-state index in [1.807, 2.05) is 31.2 Å². The van der Waals surface area contributed by atoms with E-state index < -0.39 is 0 Å². The summed E-state index contributed by atoms with van der Waals surface area (Å²) in [4.78, 5) is 13.4. The van der Waals surface area contributed by atoms with Gasteiger partial charge in [-0.15, -0.1) is 11.8 Å². The Morgan fingerprint density at radius 2 is 2.06 bits per heavy atom. The lowest BCUT2D eigenvalue weighted by molar-refractivity contribution is -0.128. The van der Waals surface area contributed by atoms with E-state index in [0.29, 0.717) is 18.8 Å². The van der Waals surface area contributed by atoms with Gasteiger partial charge in [-0.25, -0.2) is 0 Å². The molecule has 0 saturated carbocycles. The van der Waals surface area contributed by atoms with Gasteiger partial charge in [0, 0.05) is 23.9 Å². The number of hydrogen-bond donors (Lipinski definition) is 1. The lowest BCUT2D eigenvalue weighted by Gasteiger charge is -2.19. The van der Waals surface area contributed by atoms with E-state index in [1.54, 1.807) is 16.7 Å². The highest BCUT2D eigenvalue weighted by Crippen LogP contribution is 2.15. The van der Waals surface area contributed by atoms with Gasteiger partial charge in [-0.2, -0.15) is 0 Å². The SMILES string of the molecule is CCN(CCO)C(=O)CSCc1ccc(Cl)cc1. The molecular weight excluding hydrogens is 270 g/mol. The van der Waals surface area contributed by atoms with Gasteiger partial charge in [-0.1, -0.05) is 23.7 Å². The van der Waals surface area contributed by atoms with E-state index in [9.17, 15) is 4.79 Å². The summed E-state index contributed by atoms with van der Waals surface area (Å²) in [5, 5.41) is 9.56. The smallest absolute Gasteiger partial charge is 0.232 e. The Morgan fingerprint density at radius 1 is 1.39 bits per heavy atom. The minimum atomic E-state index is 0.0153. The number of hydrogen-bond acceptors (Lipinski definition) is 3. The standard InChI is InChI=1S/C13H18ClNO2S/c1-2-15(7-8-16)13(17)10-18-9-11-3-5-12(14)6-4-11/h3-6,16H,2,7-10H2,1H3. The number of aliphatic hydroxyl groups is 1. The molecule has 0 saturated heterocycles. The van der Waals surface area contributed by atoms with Crippen LogP contribution in [0.5, 0.6) is 0 Å². The molecule has 1 rings (SSSR count). The second-order valence-electron chi connectivity index (χ2n) is 3.82. The van der Waals surface area contributed by atoms with E-state index in [4.69, 9.17) is 16.7 Å². The van der Waals surface area contributed by atoms with Crippen LogP contribution < -0.4 is 0 Å². The third-order valence-corrected chi connectivity index (χ3v) is 3.75. The summed E-state index contributed by atoms with van der Waals surface area (Å²) in [6, 6.07) is 7.63. The van der Waals surface area contributed by atoms with Crippen LogP contribution in [0.4, 0.5) is 0 Å². The zero-order valence-corrected chi connectivity index (χ0v) is 12.0. The van der Waals surface area contributed by atoms with Crippen molar-refractivity contribution < 1.29 is 9.90 Å². The molecule has 0 radical (unpaired) electrons. The highest BCUT2D eigenvalue weighted by Gasteiger charge is 2.10. The molecule has 100 valence electrons. The summed E-state index contributed by atoms with van der Waals surface area (Å²) in [6.07, 6.45) is 0. The second kappa shape index (κ2) is 8.40. The van der Waals surface area contributed by atoms with Crippen LogP contribution in [0.15, 0.2) is 24.3 Å². The van der Waals surface area contributed by atoms with E-state index in [0.717, 1.165) is 16.3 Å². The molecule has 0 spiro atoms. The van der Waals surface area contributed by atoms with Gasteiger partial charge in [0.15, 0.2) is 0 Å². The van der Waals surface area contributed by atoms with Gasteiger partial charge in [0.1, 0.15) is 0 Å². The molecule has 1 aromatic carbocycles. The molecule has 1 amide bonds. The maximum Gasteiger partial charge on any atom is 0.232 e. The number of aliphatic hydroxyl groups excluding tert-OH is 1. The van der Waals surface area contributed by atoms with Crippen LogP contribution in [-0.4, -0.2) is 41.4 Å². The Morgan fingerprint density at radius 3 is 2.61 bits per heavy atom. The molecule has 0 heterocycles. The fourth-order valence-electron chi connectivity index (χ4n) is 1.51. The summed E-state index contributed by atoms with van der Waals surface area (Å²) in [6.45, 7) is 2.98. The molecule has 0 atom stereocenters. The van der Waals surface area contributed by atoms with Crippen molar-refractivity contribution in [1.29, 1.82) is 0 Å². The molecule has 0 fully saturated rings. The van der Waals surface area contributed by atoms with Crippen LogP contribution in [0.2, 0.25) is 5.02 Å². The van der Waals surface area contributed by atoms with Crippen molar-refractivity contribution in [1.82, 2.24) is 4.90 Å². The zero-order chi connectivity index (χ0) is 13.4. The van der Waals surface area contributed by atoms with Gasteiger partial charge >= 0.3 is 0 Å². The lowest BCUT2D eigenvalue weighted by Crippen LogP contribution is -2.34. The van der Waals surface area contributed by atoms with Crippen molar-refractivity contribution in [2.75, 3.05) is 25.4 Å². The summed E-state index contributed by atoms with van der Waals surface area (Å²) < 4.78 is 0. The van der Waals surface area contributed by atoms with Crippen molar-refractivity contribution >= 4 is 29.3 Å². The van der Waals surface area contributed by atoms with Crippen molar-refractivity contribution in [3.8, 4) is 0 Å². The first kappa shape index (κ1) is 15.3. The molecular formula is C13H18ClNO2S. The second-order valence-corrected chi connectivity index (χ2v) is 5.24. The van der Waals surface area contributed by atoms with Gasteiger partial charge in [-0.05, 0) is 24.6 Å². The van der Waals surface area contributed by atoms with Crippen molar-refractivity contribution in [3.63, 3.8) is 0 Å². The zero-order valence-electron chi connectivity index (χ0n) is 10.4. The largest absolute Gasteiger partial charge is 0.395 e. The molecule has 0 aromatic heterocycles. The Labute approximate surface area is 117 Å². The summed E-state index contributed by atoms with van der Waals surface area (Å²) in [7, 11) is 0. The van der Waals surface area contributed by atoms with Crippen LogP contribution in [0.3, 0.4) is 0 Å². The van der Waals surface area contributed by atoms with Gasteiger partial charge in [0.05, 0.1) is 12.4 Å². The molecule has 0 bridgehead atoms. The molecule has 0 aliphatic rings. The monoisotopic (exact) mass is 287 g/mol. The molecule has 1 aromatic rings. The Kier molecular flexibility index (Phi) is 7.16. The predicted octanol–water partition coefficient (Wildman–Crippen LogP) is 2.41. The Balaban J connectivity index is 2.32. The third-order valence-electron chi connectivity index (χ3n) is 2.51. The van der Waals surface area contributed by atoms with Gasteiger partial charge in [0.25, 0.3) is 0 Å². The number of nitrogens with zero attached hydrogens (tertiary/aromatic N) is 1. The number of likely N-dealkylation sites (N-methyl/N-ethyl adjacent to an activating group) is 1. The number of rotatable bonds is 7. The molecule has 0 aliphatic carbocycles. The van der Waals surface area contributed by atoms with Crippen LogP contribution in [-0.2, 0) is 10.5 Å². The molecule has 5 heteroatoms. The highest BCUT2D eigenvalue weighted by molar-refractivity contribution is 7.99. The maximum absolute atomic E-state index is 11.8. The normalized spacial score (nSPS) is 10.4. The first-order valence-electron chi connectivity index (χ1n) is 5.88. The number of benzene rings is 1. The van der Waals surface area contributed by atoms with Crippen LogP contribution in [0, 0.1) is 0 Å². The molecule has 0 unspecified atom stereocenters. The molecule has 18 heavy (non-hydrogen) atoms. The van der Waals surface area contributed by atoms with Gasteiger partial charge in [-0.3, -0.25) is 4.79 Å². The van der Waals surface area contributed by atoms with E-state index in [1.165, 1.54) is 0 Å². The fraction of sp³-hybridized carbons (Fsp3) is 0.462. The number of carbonyl (C=O) groups excluding carboxylic acids is 1. The number of thioether (sulfide) groups is 1. The molecule has 1 N–H and O–H groups in total. The van der Waals surface area contributed by atoms with Crippen LogP contribution in [0.25, 0.3) is 0 Å². The van der Waals surface area contributed by atoms with E-state index in [-0.39, 0.29) is 12.5 Å². The third kappa shape index (κ3) is 5.29. The summed E-state index contributed by atoms with van der Waals surface area (Å²) in [5.74, 6) is 1.31. The first-order chi connectivity index (χ1) is 8.67. The average molecular weight is 288 g/mol. The topological polar surface area (TPSA) is 40.5 Å². The minimum Gasteiger partial charge on any atom is -0.395 e. The van der Waals surface area contributed by atoms with Crippen LogP contribution >= 0.6 is 23.4 Å². The fourth-order valence-corrected chi connectivity index (χ4v) is 2.52. The first-order valence-corrected chi connectivity index (χ1v) is 7.41. The van der Waals surface area contributed by atoms with Crippen molar-refractivity contribution in [3.05, 3.63) is 34.9 Å². The maximum atomic E-state index is 11.8. The summed E-state index contributed by atoms with van der Waals surface area (Å²) in [5.41, 5.74) is 1.16. The lowest BCUT2D eigenvalue weighted by atomic mass is 10.2.